The zero-order chi connectivity index (χ0) is 21.9. The maximum absolute atomic E-state index is 12.6. The number of rotatable bonds is 7. The zero-order valence-corrected chi connectivity index (χ0v) is 18.2. The van der Waals surface area contributed by atoms with Crippen LogP contribution in [0, 0.1) is 13.8 Å². The SMILES string of the molecule is CCN(CC(=O)Nc1cc(S(N)(=O)=O)cc(C)c1C)C[C@H]1COc2ccccc2O1. The van der Waals surface area contributed by atoms with Crippen LogP contribution in [0.5, 0.6) is 11.5 Å². The summed E-state index contributed by atoms with van der Waals surface area (Å²) in [5.41, 5.74) is 1.96. The van der Waals surface area contributed by atoms with E-state index >= 15 is 0 Å². The van der Waals surface area contributed by atoms with Crippen molar-refractivity contribution < 1.29 is 22.7 Å². The summed E-state index contributed by atoms with van der Waals surface area (Å²) < 4.78 is 35.1. The number of nitrogens with zero attached hydrogens (tertiary/aromatic N) is 1. The quantitative estimate of drug-likeness (QED) is 0.691. The summed E-state index contributed by atoms with van der Waals surface area (Å²) in [5, 5.41) is 8.05. The Morgan fingerprint density at radius 2 is 1.93 bits per heavy atom. The summed E-state index contributed by atoms with van der Waals surface area (Å²) in [7, 11) is -3.86. The number of carbonyl (C=O) groups excluding carboxylic acids is 1. The van der Waals surface area contributed by atoms with E-state index in [1.54, 1.807) is 6.92 Å². The number of ether oxygens (including phenoxy) is 2. The van der Waals surface area contributed by atoms with Gasteiger partial charge < -0.3 is 14.8 Å². The highest BCUT2D eigenvalue weighted by atomic mass is 32.2. The van der Waals surface area contributed by atoms with E-state index in [1.165, 1.54) is 12.1 Å². The van der Waals surface area contributed by atoms with Crippen LogP contribution in [-0.4, -0.2) is 51.6 Å². The number of sulfonamides is 1. The van der Waals surface area contributed by atoms with Crippen molar-refractivity contribution in [1.82, 2.24) is 4.90 Å². The Labute approximate surface area is 177 Å². The third kappa shape index (κ3) is 5.29. The first-order chi connectivity index (χ1) is 14.2. The second-order valence-electron chi connectivity index (χ2n) is 7.33. The summed E-state index contributed by atoms with van der Waals surface area (Å²) in [6, 6.07) is 10.4. The molecule has 3 rings (SSSR count). The molecule has 0 bridgehead atoms. The van der Waals surface area contributed by atoms with Gasteiger partial charge in [-0.3, -0.25) is 9.69 Å². The minimum Gasteiger partial charge on any atom is -0.486 e. The first-order valence-corrected chi connectivity index (χ1v) is 11.3. The van der Waals surface area contributed by atoms with Crippen LogP contribution >= 0.6 is 0 Å². The number of hydrogen-bond acceptors (Lipinski definition) is 6. The number of primary sulfonamides is 1. The van der Waals surface area contributed by atoms with Crippen molar-refractivity contribution in [1.29, 1.82) is 0 Å². The predicted molar refractivity (Wildman–Crippen MR) is 114 cm³/mol. The number of fused-ring (bicyclic) bond motifs is 1. The van der Waals surface area contributed by atoms with Crippen molar-refractivity contribution in [3.63, 3.8) is 0 Å². The third-order valence-corrected chi connectivity index (χ3v) is 5.98. The van der Waals surface area contributed by atoms with Crippen molar-refractivity contribution in [2.75, 3.05) is 31.6 Å². The van der Waals surface area contributed by atoms with Gasteiger partial charge in [0.2, 0.25) is 15.9 Å². The van der Waals surface area contributed by atoms with Crippen LogP contribution in [0.4, 0.5) is 5.69 Å². The van der Waals surface area contributed by atoms with Gasteiger partial charge in [-0.05, 0) is 55.8 Å². The number of benzene rings is 2. The molecule has 0 aliphatic carbocycles. The Bertz CT molecular complexity index is 1040. The highest BCUT2D eigenvalue weighted by molar-refractivity contribution is 7.89. The normalized spacial score (nSPS) is 15.8. The third-order valence-electron chi connectivity index (χ3n) is 5.09. The molecule has 2 aromatic carbocycles. The Hall–Kier alpha value is -2.62. The summed E-state index contributed by atoms with van der Waals surface area (Å²) in [5.74, 6) is 1.17. The van der Waals surface area contributed by atoms with Crippen LogP contribution in [0.25, 0.3) is 0 Å². The Kier molecular flexibility index (Phi) is 6.64. The van der Waals surface area contributed by atoms with Gasteiger partial charge in [0.25, 0.3) is 0 Å². The molecule has 0 unspecified atom stereocenters. The molecule has 8 nitrogen and oxygen atoms in total. The van der Waals surface area contributed by atoms with Gasteiger partial charge in [-0.15, -0.1) is 0 Å². The van der Waals surface area contributed by atoms with E-state index < -0.39 is 10.0 Å². The molecule has 1 amide bonds. The number of anilines is 1. The van der Waals surface area contributed by atoms with E-state index in [0.717, 1.165) is 16.9 Å². The zero-order valence-electron chi connectivity index (χ0n) is 17.3. The van der Waals surface area contributed by atoms with Gasteiger partial charge in [0.05, 0.1) is 11.4 Å². The Morgan fingerprint density at radius 1 is 1.23 bits per heavy atom. The average Bonchev–Trinajstić information content (AvgIpc) is 2.69. The van der Waals surface area contributed by atoms with Crippen molar-refractivity contribution in [2.24, 2.45) is 5.14 Å². The second-order valence-corrected chi connectivity index (χ2v) is 8.89. The molecular formula is C21H27N3O5S. The fraction of sp³-hybridized carbons (Fsp3) is 0.381. The summed E-state index contributed by atoms with van der Waals surface area (Å²) in [6.07, 6.45) is -0.192. The molecule has 0 fully saturated rings. The van der Waals surface area contributed by atoms with E-state index in [0.29, 0.717) is 31.1 Å². The van der Waals surface area contributed by atoms with Gasteiger partial charge in [-0.25, -0.2) is 13.6 Å². The molecular weight excluding hydrogens is 406 g/mol. The van der Waals surface area contributed by atoms with E-state index in [-0.39, 0.29) is 23.5 Å². The number of nitrogens with two attached hydrogens (primary N) is 1. The maximum atomic E-state index is 12.6. The molecule has 9 heteroatoms. The van der Waals surface area contributed by atoms with Gasteiger partial charge in [-0.1, -0.05) is 19.1 Å². The van der Waals surface area contributed by atoms with E-state index in [4.69, 9.17) is 14.6 Å². The average molecular weight is 434 g/mol. The molecule has 30 heavy (non-hydrogen) atoms. The van der Waals surface area contributed by atoms with Crippen molar-refractivity contribution >= 4 is 21.6 Å². The number of aryl methyl sites for hydroxylation is 1. The number of para-hydroxylation sites is 2. The molecule has 3 N–H and O–H groups in total. The Balaban J connectivity index is 1.64. The molecule has 2 aromatic rings. The first-order valence-electron chi connectivity index (χ1n) is 9.72. The first kappa shape index (κ1) is 22.1. The van der Waals surface area contributed by atoms with Crippen molar-refractivity contribution in [3.05, 3.63) is 47.5 Å². The maximum Gasteiger partial charge on any atom is 0.238 e. The molecule has 0 spiro atoms. The van der Waals surface area contributed by atoms with Crippen molar-refractivity contribution in [3.8, 4) is 11.5 Å². The minimum atomic E-state index is -3.86. The second kappa shape index (κ2) is 9.03. The summed E-state index contributed by atoms with van der Waals surface area (Å²) >= 11 is 0. The molecule has 1 heterocycles. The number of likely N-dealkylation sites (N-methyl/N-ethyl adjacent to an activating group) is 1. The molecule has 1 aliphatic heterocycles. The lowest BCUT2D eigenvalue weighted by molar-refractivity contribution is -0.117. The number of nitrogens with one attached hydrogen (secondary N) is 1. The highest BCUT2D eigenvalue weighted by Gasteiger charge is 2.24. The number of carbonyl (C=O) groups is 1. The summed E-state index contributed by atoms with van der Waals surface area (Å²) in [6.45, 7) is 7.26. The van der Waals surface area contributed by atoms with Crippen LogP contribution in [0.3, 0.4) is 0 Å². The van der Waals surface area contributed by atoms with Gasteiger partial charge in [0.1, 0.15) is 12.7 Å². The number of amides is 1. The van der Waals surface area contributed by atoms with Crippen LogP contribution < -0.4 is 19.9 Å². The molecule has 0 radical (unpaired) electrons. The summed E-state index contributed by atoms with van der Waals surface area (Å²) in [4.78, 5) is 14.6. The van der Waals surface area contributed by atoms with Gasteiger partial charge in [0, 0.05) is 12.2 Å². The molecule has 1 atom stereocenters. The smallest absolute Gasteiger partial charge is 0.238 e. The van der Waals surface area contributed by atoms with Crippen molar-refractivity contribution in [2.45, 2.75) is 31.8 Å². The fourth-order valence-electron chi connectivity index (χ4n) is 3.26. The lowest BCUT2D eigenvalue weighted by Gasteiger charge is -2.30. The van der Waals surface area contributed by atoms with Gasteiger partial charge in [-0.2, -0.15) is 0 Å². The molecule has 0 aromatic heterocycles. The van der Waals surface area contributed by atoms with Gasteiger partial charge in [0.15, 0.2) is 11.5 Å². The molecule has 0 saturated heterocycles. The van der Waals surface area contributed by atoms with Crippen LogP contribution in [-0.2, 0) is 14.8 Å². The highest BCUT2D eigenvalue weighted by Crippen LogP contribution is 2.31. The predicted octanol–water partition coefficient (Wildman–Crippen LogP) is 2.05. The van der Waals surface area contributed by atoms with Gasteiger partial charge >= 0.3 is 0 Å². The molecule has 162 valence electrons. The van der Waals surface area contributed by atoms with E-state index in [9.17, 15) is 13.2 Å². The lowest BCUT2D eigenvalue weighted by Crippen LogP contribution is -2.43. The lowest BCUT2D eigenvalue weighted by atomic mass is 10.1. The van der Waals surface area contributed by atoms with E-state index in [2.05, 4.69) is 5.32 Å². The minimum absolute atomic E-state index is 0.0281. The van der Waals surface area contributed by atoms with Crippen LogP contribution in [0.1, 0.15) is 18.1 Å². The molecule has 0 saturated carbocycles. The van der Waals surface area contributed by atoms with E-state index in [1.807, 2.05) is 43.0 Å². The fourth-order valence-corrected chi connectivity index (χ4v) is 3.88. The standard InChI is InChI=1S/C21H27N3O5S/c1-4-24(11-16-13-28-19-7-5-6-8-20(19)29-16)12-21(25)23-18-10-17(30(22,26)27)9-14(2)15(18)3/h5-10,16H,4,11-13H2,1-3H3,(H,23,25)(H2,22,26,27)/t16-/m0/s1. The topological polar surface area (TPSA) is 111 Å². The number of hydrogen-bond donors (Lipinski definition) is 2. The van der Waals surface area contributed by atoms with Crippen LogP contribution in [0.15, 0.2) is 41.3 Å². The Morgan fingerprint density at radius 3 is 2.60 bits per heavy atom. The molecule has 1 aliphatic rings. The van der Waals surface area contributed by atoms with Crippen LogP contribution in [0.2, 0.25) is 0 Å². The monoisotopic (exact) mass is 433 g/mol. The largest absolute Gasteiger partial charge is 0.486 e.